The van der Waals surface area contributed by atoms with Crippen molar-refractivity contribution in [3.63, 3.8) is 0 Å². The van der Waals surface area contributed by atoms with Crippen molar-refractivity contribution in [1.29, 1.82) is 0 Å². The second-order valence-corrected chi connectivity index (χ2v) is 7.18. The molecule has 1 saturated carbocycles. The van der Waals surface area contributed by atoms with Crippen LogP contribution in [0.1, 0.15) is 25.7 Å². The van der Waals surface area contributed by atoms with Crippen LogP contribution >= 0.6 is 0 Å². The Hall–Kier alpha value is -1.07. The van der Waals surface area contributed by atoms with Crippen molar-refractivity contribution >= 4 is 15.5 Å². The number of benzene rings is 1. The molecule has 0 radical (unpaired) electrons. The molecule has 0 amide bonds. The Bertz CT molecular complexity index is 527. The van der Waals surface area contributed by atoms with Gasteiger partial charge < -0.3 is 10.1 Å². The predicted octanol–water partition coefficient (Wildman–Crippen LogP) is 2.46. The standard InChI is InChI=1S/C14H21NO3S/c1-18-13-7-3-5-11(9-13)15-12-6-4-8-14(10-12)19(2,16)17/h4,6,8,10-11,13,15H,3,5,7,9H2,1-2H3. The third-order valence-electron chi connectivity index (χ3n) is 3.59. The molecule has 0 spiro atoms. The highest BCUT2D eigenvalue weighted by atomic mass is 32.2. The van der Waals surface area contributed by atoms with Crippen molar-refractivity contribution in [2.45, 2.75) is 42.7 Å². The van der Waals surface area contributed by atoms with Crippen LogP contribution in [0.15, 0.2) is 29.2 Å². The van der Waals surface area contributed by atoms with Gasteiger partial charge in [0.05, 0.1) is 11.0 Å². The molecule has 0 saturated heterocycles. The lowest BCUT2D eigenvalue weighted by atomic mass is 9.92. The summed E-state index contributed by atoms with van der Waals surface area (Å²) in [5, 5.41) is 3.41. The van der Waals surface area contributed by atoms with Crippen LogP contribution in [0.5, 0.6) is 0 Å². The molecule has 1 aromatic rings. The molecule has 1 fully saturated rings. The fourth-order valence-corrected chi connectivity index (χ4v) is 3.21. The van der Waals surface area contributed by atoms with Gasteiger partial charge in [0.15, 0.2) is 9.84 Å². The van der Waals surface area contributed by atoms with E-state index in [-0.39, 0.29) is 0 Å². The van der Waals surface area contributed by atoms with Crippen molar-refractivity contribution in [3.05, 3.63) is 24.3 Å². The van der Waals surface area contributed by atoms with E-state index in [1.807, 2.05) is 6.07 Å². The molecule has 2 rings (SSSR count). The topological polar surface area (TPSA) is 55.4 Å². The van der Waals surface area contributed by atoms with Gasteiger partial charge in [-0.05, 0) is 43.9 Å². The summed E-state index contributed by atoms with van der Waals surface area (Å²) in [5.74, 6) is 0. The molecule has 1 aliphatic carbocycles. The number of anilines is 1. The Kier molecular flexibility index (Phi) is 4.47. The first-order valence-electron chi connectivity index (χ1n) is 6.58. The van der Waals surface area contributed by atoms with Crippen LogP contribution in [0.3, 0.4) is 0 Å². The highest BCUT2D eigenvalue weighted by molar-refractivity contribution is 7.90. The van der Waals surface area contributed by atoms with Gasteiger partial charge in [-0.1, -0.05) is 6.07 Å². The summed E-state index contributed by atoms with van der Waals surface area (Å²) < 4.78 is 28.5. The highest BCUT2D eigenvalue weighted by Crippen LogP contribution is 2.24. The van der Waals surface area contributed by atoms with Gasteiger partial charge in [0.1, 0.15) is 0 Å². The van der Waals surface area contributed by atoms with Gasteiger partial charge in [0, 0.05) is 25.1 Å². The zero-order valence-corrected chi connectivity index (χ0v) is 12.2. The van der Waals surface area contributed by atoms with Crippen LogP contribution in [0.4, 0.5) is 5.69 Å². The first kappa shape index (κ1) is 14.3. The number of methoxy groups -OCH3 is 1. The van der Waals surface area contributed by atoms with Gasteiger partial charge >= 0.3 is 0 Å². The maximum atomic E-state index is 11.5. The van der Waals surface area contributed by atoms with Crippen LogP contribution in [0.2, 0.25) is 0 Å². The lowest BCUT2D eigenvalue weighted by Gasteiger charge is -2.29. The summed E-state index contributed by atoms with van der Waals surface area (Å²) in [7, 11) is -1.40. The lowest BCUT2D eigenvalue weighted by molar-refractivity contribution is 0.0669. The van der Waals surface area contributed by atoms with Crippen molar-refractivity contribution in [1.82, 2.24) is 0 Å². The van der Waals surface area contributed by atoms with E-state index in [2.05, 4.69) is 5.32 Å². The van der Waals surface area contributed by atoms with Gasteiger partial charge in [-0.2, -0.15) is 0 Å². The first-order chi connectivity index (χ1) is 8.99. The van der Waals surface area contributed by atoms with E-state index < -0.39 is 9.84 Å². The summed E-state index contributed by atoms with van der Waals surface area (Å²) in [6.07, 6.45) is 5.86. The number of rotatable bonds is 4. The minimum Gasteiger partial charge on any atom is -0.382 e. The zero-order valence-electron chi connectivity index (χ0n) is 11.4. The third-order valence-corrected chi connectivity index (χ3v) is 4.70. The molecule has 0 aliphatic heterocycles. The number of ether oxygens (including phenoxy) is 1. The van der Waals surface area contributed by atoms with E-state index in [4.69, 9.17) is 4.74 Å². The Morgan fingerprint density at radius 3 is 2.79 bits per heavy atom. The fourth-order valence-electron chi connectivity index (χ4n) is 2.54. The van der Waals surface area contributed by atoms with Gasteiger partial charge in [0.2, 0.25) is 0 Å². The second kappa shape index (κ2) is 5.92. The van der Waals surface area contributed by atoms with Gasteiger partial charge in [-0.3, -0.25) is 0 Å². The summed E-state index contributed by atoms with van der Waals surface area (Å²) >= 11 is 0. The zero-order chi connectivity index (χ0) is 13.9. The van der Waals surface area contributed by atoms with Crippen molar-refractivity contribution in [3.8, 4) is 0 Å². The molecule has 1 aliphatic rings. The first-order valence-corrected chi connectivity index (χ1v) is 8.47. The normalized spacial score (nSPS) is 24.1. The Morgan fingerprint density at radius 1 is 1.32 bits per heavy atom. The minimum atomic E-state index is -3.15. The maximum Gasteiger partial charge on any atom is 0.175 e. The highest BCUT2D eigenvalue weighted by Gasteiger charge is 2.21. The van der Waals surface area contributed by atoms with E-state index in [1.165, 1.54) is 6.26 Å². The molecule has 1 aromatic carbocycles. The Morgan fingerprint density at radius 2 is 2.11 bits per heavy atom. The predicted molar refractivity (Wildman–Crippen MR) is 76.2 cm³/mol. The van der Waals surface area contributed by atoms with E-state index in [0.29, 0.717) is 17.0 Å². The largest absolute Gasteiger partial charge is 0.382 e. The third kappa shape index (κ3) is 3.94. The van der Waals surface area contributed by atoms with Crippen molar-refractivity contribution in [2.75, 3.05) is 18.7 Å². The Labute approximate surface area is 115 Å². The van der Waals surface area contributed by atoms with Crippen LogP contribution < -0.4 is 5.32 Å². The molecule has 5 heteroatoms. The smallest absolute Gasteiger partial charge is 0.175 e. The second-order valence-electron chi connectivity index (χ2n) is 5.17. The monoisotopic (exact) mass is 283 g/mol. The minimum absolute atomic E-state index is 0.310. The Balaban J connectivity index is 2.07. The average molecular weight is 283 g/mol. The summed E-state index contributed by atoms with van der Waals surface area (Å²) in [5.41, 5.74) is 0.865. The van der Waals surface area contributed by atoms with E-state index in [0.717, 1.165) is 31.4 Å². The molecule has 2 atom stereocenters. The van der Waals surface area contributed by atoms with E-state index >= 15 is 0 Å². The van der Waals surface area contributed by atoms with Gasteiger partial charge in [-0.25, -0.2) is 8.42 Å². The van der Waals surface area contributed by atoms with Gasteiger partial charge in [-0.15, -0.1) is 0 Å². The van der Waals surface area contributed by atoms with Gasteiger partial charge in [0.25, 0.3) is 0 Å². The average Bonchev–Trinajstić information content (AvgIpc) is 2.38. The molecule has 0 aromatic heterocycles. The number of hydrogen-bond acceptors (Lipinski definition) is 4. The van der Waals surface area contributed by atoms with E-state index in [9.17, 15) is 8.42 Å². The number of sulfone groups is 1. The summed E-state index contributed by atoms with van der Waals surface area (Å²) in [6.45, 7) is 0. The van der Waals surface area contributed by atoms with Crippen molar-refractivity contribution < 1.29 is 13.2 Å². The van der Waals surface area contributed by atoms with Crippen LogP contribution in [-0.2, 0) is 14.6 Å². The SMILES string of the molecule is COC1CCCC(Nc2cccc(S(C)(=O)=O)c2)C1. The van der Waals surface area contributed by atoms with E-state index in [1.54, 1.807) is 25.3 Å². The maximum absolute atomic E-state index is 11.5. The molecule has 2 unspecified atom stereocenters. The molecule has 106 valence electrons. The molecule has 0 heterocycles. The molecule has 0 bridgehead atoms. The quantitative estimate of drug-likeness (QED) is 0.922. The summed E-state index contributed by atoms with van der Waals surface area (Å²) in [4.78, 5) is 0.358. The molecule has 1 N–H and O–H groups in total. The molecular formula is C14H21NO3S. The van der Waals surface area contributed by atoms with Crippen LogP contribution in [0, 0.1) is 0 Å². The fraction of sp³-hybridized carbons (Fsp3) is 0.571. The lowest BCUT2D eigenvalue weighted by Crippen LogP contribution is -2.31. The number of hydrogen-bond donors (Lipinski definition) is 1. The molecular weight excluding hydrogens is 262 g/mol. The van der Waals surface area contributed by atoms with Crippen LogP contribution in [-0.4, -0.2) is 33.9 Å². The molecule has 19 heavy (non-hydrogen) atoms. The van der Waals surface area contributed by atoms with Crippen molar-refractivity contribution in [2.24, 2.45) is 0 Å². The van der Waals surface area contributed by atoms with Crippen LogP contribution in [0.25, 0.3) is 0 Å². The number of nitrogens with one attached hydrogen (secondary N) is 1. The summed E-state index contributed by atoms with van der Waals surface area (Å²) in [6, 6.07) is 7.36. The molecule has 4 nitrogen and oxygen atoms in total.